The van der Waals surface area contributed by atoms with E-state index in [4.69, 9.17) is 11.6 Å². The molecule has 0 spiro atoms. The first-order valence-corrected chi connectivity index (χ1v) is 9.68. The number of hydrogen-bond acceptors (Lipinski definition) is 3. The molecule has 1 aromatic carbocycles. The zero-order valence-corrected chi connectivity index (χ0v) is 15.2. The quantitative estimate of drug-likeness (QED) is 0.899. The van der Waals surface area contributed by atoms with Gasteiger partial charge in [0.2, 0.25) is 10.0 Å². The average Bonchev–Trinajstić information content (AvgIpc) is 2.45. The number of amides is 1. The van der Waals surface area contributed by atoms with Gasteiger partial charge in [0.1, 0.15) is 0 Å². The molecule has 0 saturated carbocycles. The lowest BCUT2D eigenvalue weighted by atomic mass is 9.99. The van der Waals surface area contributed by atoms with Gasteiger partial charge < -0.3 is 4.90 Å². The Hall–Kier alpha value is -1.11. The van der Waals surface area contributed by atoms with E-state index in [1.54, 1.807) is 18.7 Å². The molecule has 1 fully saturated rings. The zero-order chi connectivity index (χ0) is 17.2. The van der Waals surface area contributed by atoms with Gasteiger partial charge in [-0.2, -0.15) is 0 Å². The molecule has 1 aliphatic heterocycles. The van der Waals surface area contributed by atoms with E-state index in [0.717, 1.165) is 12.8 Å². The predicted molar refractivity (Wildman–Crippen MR) is 91.2 cm³/mol. The van der Waals surface area contributed by atoms with Crippen LogP contribution in [-0.4, -0.2) is 38.4 Å². The van der Waals surface area contributed by atoms with Gasteiger partial charge in [-0.3, -0.25) is 4.79 Å². The fraction of sp³-hybridized carbons (Fsp3) is 0.562. The Morgan fingerprint density at radius 3 is 2.70 bits per heavy atom. The van der Waals surface area contributed by atoms with Crippen molar-refractivity contribution in [1.82, 2.24) is 9.62 Å². The van der Waals surface area contributed by atoms with E-state index in [0.29, 0.717) is 19.0 Å². The summed E-state index contributed by atoms with van der Waals surface area (Å²) in [6, 6.07) is 4.03. The molecule has 0 aliphatic carbocycles. The molecule has 1 heterocycles. The second-order valence-corrected chi connectivity index (χ2v) is 8.54. The molecule has 23 heavy (non-hydrogen) atoms. The van der Waals surface area contributed by atoms with E-state index in [1.165, 1.54) is 18.2 Å². The van der Waals surface area contributed by atoms with Crippen LogP contribution in [0.1, 0.15) is 44.0 Å². The SMILES string of the molecule is CC1CCCN(C(=O)c2cc(S(=O)(=O)NC(C)C)ccc2Cl)C1. The van der Waals surface area contributed by atoms with E-state index in [2.05, 4.69) is 11.6 Å². The van der Waals surface area contributed by atoms with Gasteiger partial charge in [-0.15, -0.1) is 0 Å². The number of nitrogens with one attached hydrogen (secondary N) is 1. The van der Waals surface area contributed by atoms with Crippen molar-refractivity contribution in [2.45, 2.75) is 44.6 Å². The number of halogens is 1. The van der Waals surface area contributed by atoms with Crippen LogP contribution >= 0.6 is 11.6 Å². The minimum atomic E-state index is -3.65. The monoisotopic (exact) mass is 358 g/mol. The van der Waals surface area contributed by atoms with Crippen LogP contribution in [0.15, 0.2) is 23.1 Å². The molecule has 5 nitrogen and oxygen atoms in total. The molecule has 7 heteroatoms. The van der Waals surface area contributed by atoms with Crippen molar-refractivity contribution >= 4 is 27.5 Å². The van der Waals surface area contributed by atoms with Gasteiger partial charge in [0.15, 0.2) is 0 Å². The Kier molecular flexibility index (Phi) is 5.70. The molecular weight excluding hydrogens is 336 g/mol. The second-order valence-electron chi connectivity index (χ2n) is 6.42. The molecule has 0 radical (unpaired) electrons. The molecule has 1 amide bonds. The lowest BCUT2D eigenvalue weighted by Crippen LogP contribution is -2.39. The number of carbonyl (C=O) groups is 1. The van der Waals surface area contributed by atoms with Crippen LogP contribution in [-0.2, 0) is 10.0 Å². The number of carbonyl (C=O) groups excluding carboxylic acids is 1. The minimum absolute atomic E-state index is 0.0593. The van der Waals surface area contributed by atoms with Gasteiger partial charge in [-0.05, 0) is 50.8 Å². The lowest BCUT2D eigenvalue weighted by Gasteiger charge is -2.31. The first kappa shape index (κ1) is 18.2. The molecule has 2 rings (SSSR count). The van der Waals surface area contributed by atoms with Crippen LogP contribution in [0.3, 0.4) is 0 Å². The summed E-state index contributed by atoms with van der Waals surface area (Å²) in [7, 11) is -3.65. The Bertz CT molecular complexity index is 689. The number of sulfonamides is 1. The van der Waals surface area contributed by atoms with Crippen molar-refractivity contribution in [2.75, 3.05) is 13.1 Å². The highest BCUT2D eigenvalue weighted by molar-refractivity contribution is 7.89. The molecule has 128 valence electrons. The number of rotatable bonds is 4. The molecule has 1 aromatic rings. The summed E-state index contributed by atoms with van der Waals surface area (Å²) in [6.07, 6.45) is 2.06. The van der Waals surface area contributed by atoms with Crippen LogP contribution in [0.5, 0.6) is 0 Å². The second kappa shape index (κ2) is 7.20. The summed E-state index contributed by atoms with van der Waals surface area (Å²) in [5.41, 5.74) is 0.243. The van der Waals surface area contributed by atoms with Crippen molar-refractivity contribution in [3.8, 4) is 0 Å². The first-order chi connectivity index (χ1) is 10.7. The summed E-state index contributed by atoms with van der Waals surface area (Å²) in [5.74, 6) is 0.240. The Morgan fingerprint density at radius 1 is 1.39 bits per heavy atom. The predicted octanol–water partition coefficient (Wildman–Crippen LogP) is 2.90. The van der Waals surface area contributed by atoms with Crippen molar-refractivity contribution < 1.29 is 13.2 Å². The van der Waals surface area contributed by atoms with Gasteiger partial charge in [-0.1, -0.05) is 18.5 Å². The number of piperidine rings is 1. The normalized spacial score (nSPS) is 19.2. The van der Waals surface area contributed by atoms with Crippen molar-refractivity contribution in [1.29, 1.82) is 0 Å². The fourth-order valence-electron chi connectivity index (χ4n) is 2.76. The highest BCUT2D eigenvalue weighted by Crippen LogP contribution is 2.24. The lowest BCUT2D eigenvalue weighted by molar-refractivity contribution is 0.0683. The molecular formula is C16H23ClN2O3S. The van der Waals surface area contributed by atoms with Crippen molar-refractivity contribution in [2.24, 2.45) is 5.92 Å². The third-order valence-electron chi connectivity index (χ3n) is 3.81. The molecule has 1 aliphatic rings. The van der Waals surface area contributed by atoms with Gasteiger partial charge in [0, 0.05) is 19.1 Å². The summed E-state index contributed by atoms with van der Waals surface area (Å²) in [5, 5.41) is 0.275. The van der Waals surface area contributed by atoms with Crippen molar-refractivity contribution in [3.05, 3.63) is 28.8 Å². The number of likely N-dealkylation sites (tertiary alicyclic amines) is 1. The standard InChI is InChI=1S/C16H23ClN2O3S/c1-11(2)18-23(21,22)13-6-7-15(17)14(9-13)16(20)19-8-4-5-12(3)10-19/h6-7,9,11-12,18H,4-5,8,10H2,1-3H3. The smallest absolute Gasteiger partial charge is 0.255 e. The highest BCUT2D eigenvalue weighted by atomic mass is 35.5. The van der Waals surface area contributed by atoms with E-state index in [-0.39, 0.29) is 27.4 Å². The van der Waals surface area contributed by atoms with Crippen molar-refractivity contribution in [3.63, 3.8) is 0 Å². The van der Waals surface area contributed by atoms with Gasteiger partial charge >= 0.3 is 0 Å². The topological polar surface area (TPSA) is 66.5 Å². The minimum Gasteiger partial charge on any atom is -0.338 e. The Morgan fingerprint density at radius 2 is 2.09 bits per heavy atom. The first-order valence-electron chi connectivity index (χ1n) is 7.82. The third kappa shape index (κ3) is 4.46. The molecule has 0 bridgehead atoms. The number of nitrogens with zero attached hydrogens (tertiary/aromatic N) is 1. The Labute approximate surface area is 143 Å². The maximum atomic E-state index is 12.7. The van der Waals surface area contributed by atoms with Gasteiger partial charge in [-0.25, -0.2) is 13.1 Å². The average molecular weight is 359 g/mol. The largest absolute Gasteiger partial charge is 0.338 e. The number of benzene rings is 1. The van der Waals surface area contributed by atoms with E-state index < -0.39 is 10.0 Å². The highest BCUT2D eigenvalue weighted by Gasteiger charge is 2.25. The molecule has 1 atom stereocenters. The Balaban J connectivity index is 2.32. The molecule has 1 unspecified atom stereocenters. The van der Waals surface area contributed by atoms with Crippen LogP contribution in [0.2, 0.25) is 5.02 Å². The maximum Gasteiger partial charge on any atom is 0.255 e. The van der Waals surface area contributed by atoms with Crippen LogP contribution in [0.25, 0.3) is 0 Å². The van der Waals surface area contributed by atoms with E-state index >= 15 is 0 Å². The maximum absolute atomic E-state index is 12.7. The zero-order valence-electron chi connectivity index (χ0n) is 13.7. The van der Waals surface area contributed by atoms with Crippen LogP contribution in [0.4, 0.5) is 0 Å². The molecule has 1 saturated heterocycles. The fourth-order valence-corrected chi connectivity index (χ4v) is 4.23. The van der Waals surface area contributed by atoms with Gasteiger partial charge in [0.05, 0.1) is 15.5 Å². The van der Waals surface area contributed by atoms with E-state index in [9.17, 15) is 13.2 Å². The molecule has 1 N–H and O–H groups in total. The summed E-state index contributed by atoms with van der Waals surface area (Å²) < 4.78 is 27.1. The van der Waals surface area contributed by atoms with Crippen LogP contribution in [0, 0.1) is 5.92 Å². The van der Waals surface area contributed by atoms with Gasteiger partial charge in [0.25, 0.3) is 5.91 Å². The summed E-state index contributed by atoms with van der Waals surface area (Å²) in [6.45, 7) is 6.95. The number of hydrogen-bond donors (Lipinski definition) is 1. The summed E-state index contributed by atoms with van der Waals surface area (Å²) >= 11 is 6.14. The third-order valence-corrected chi connectivity index (χ3v) is 5.80. The van der Waals surface area contributed by atoms with E-state index in [1.807, 2.05) is 0 Å². The summed E-state index contributed by atoms with van der Waals surface area (Å²) in [4.78, 5) is 14.5. The molecule has 0 aromatic heterocycles. The van der Waals surface area contributed by atoms with Crippen LogP contribution < -0.4 is 4.72 Å².